The average Bonchev–Trinajstić information content (AvgIpc) is 3.06. The second-order valence-electron chi connectivity index (χ2n) is 6.02. The highest BCUT2D eigenvalue weighted by molar-refractivity contribution is 5.79. The summed E-state index contributed by atoms with van der Waals surface area (Å²) in [6.45, 7) is 0.652. The molecule has 3 aliphatic rings. The number of fused-ring (bicyclic) bond motifs is 3. The number of hydrogen-bond donors (Lipinski definition) is 0. The molecule has 5 rings (SSSR count). The van der Waals surface area contributed by atoms with E-state index in [9.17, 15) is 4.79 Å². The van der Waals surface area contributed by atoms with Gasteiger partial charge in [-0.25, -0.2) is 0 Å². The molecule has 0 unspecified atom stereocenters. The molecule has 0 N–H and O–H groups in total. The summed E-state index contributed by atoms with van der Waals surface area (Å²) < 4.78 is 22.1. The summed E-state index contributed by atoms with van der Waals surface area (Å²) in [5, 5.41) is 0. The lowest BCUT2D eigenvalue weighted by atomic mass is 9.84. The van der Waals surface area contributed by atoms with Crippen LogP contribution >= 0.6 is 0 Å². The molecule has 0 saturated carbocycles. The van der Waals surface area contributed by atoms with Crippen molar-refractivity contribution in [3.8, 4) is 23.0 Å². The van der Waals surface area contributed by atoms with Gasteiger partial charge in [0.25, 0.3) is 0 Å². The molecule has 2 aromatic carbocycles. The highest BCUT2D eigenvalue weighted by Crippen LogP contribution is 2.47. The van der Waals surface area contributed by atoms with E-state index in [-0.39, 0.29) is 18.7 Å². The maximum atomic E-state index is 12.1. The van der Waals surface area contributed by atoms with Crippen molar-refractivity contribution in [3.63, 3.8) is 0 Å². The number of para-hydroxylation sites is 1. The van der Waals surface area contributed by atoms with Crippen LogP contribution in [-0.4, -0.2) is 19.4 Å². The summed E-state index contributed by atoms with van der Waals surface area (Å²) >= 11 is 0. The van der Waals surface area contributed by atoms with Crippen LogP contribution in [0.15, 0.2) is 42.0 Å². The first-order valence-electron chi connectivity index (χ1n) is 7.84. The fraction of sp³-hybridized carbons (Fsp3) is 0.211. The first-order chi connectivity index (χ1) is 11.8. The second-order valence-corrected chi connectivity index (χ2v) is 6.02. The van der Waals surface area contributed by atoms with Crippen molar-refractivity contribution in [2.75, 3.05) is 13.4 Å². The Labute approximate surface area is 138 Å². The summed E-state index contributed by atoms with van der Waals surface area (Å²) in [7, 11) is 0. The lowest BCUT2D eigenvalue weighted by Gasteiger charge is -2.29. The van der Waals surface area contributed by atoms with Crippen LogP contribution in [0.5, 0.6) is 23.0 Å². The molecule has 0 saturated heterocycles. The van der Waals surface area contributed by atoms with E-state index in [0.717, 1.165) is 22.4 Å². The Hall–Kier alpha value is -2.95. The Balaban J connectivity index is 1.61. The number of rotatable bonds is 1. The largest absolute Gasteiger partial charge is 0.489 e. The van der Waals surface area contributed by atoms with Gasteiger partial charge in [0.2, 0.25) is 6.79 Å². The van der Waals surface area contributed by atoms with E-state index in [4.69, 9.17) is 18.9 Å². The summed E-state index contributed by atoms with van der Waals surface area (Å²) in [4.78, 5) is 12.1. The summed E-state index contributed by atoms with van der Waals surface area (Å²) in [5.41, 5.74) is 3.03. The van der Waals surface area contributed by atoms with Gasteiger partial charge in [0.15, 0.2) is 11.5 Å². The number of carbonyl (C=O) groups excluding carboxylic acids is 1. The maximum absolute atomic E-state index is 12.1. The third-order valence-corrected chi connectivity index (χ3v) is 4.58. The minimum atomic E-state index is -0.244. The van der Waals surface area contributed by atoms with Gasteiger partial charge in [0.1, 0.15) is 18.1 Å². The molecule has 0 spiro atoms. The Morgan fingerprint density at radius 3 is 2.67 bits per heavy atom. The first kappa shape index (κ1) is 13.5. The quantitative estimate of drug-likeness (QED) is 0.596. The summed E-state index contributed by atoms with van der Waals surface area (Å²) in [6, 6.07) is 11.5. The van der Waals surface area contributed by atoms with Gasteiger partial charge in [-0.2, -0.15) is 0 Å². The standard InChI is InChI=1S/C19H14O5/c20-19-7-13(12-5-11-3-1-2-4-15(11)21-9-12)14-6-17-18(23-10-22-17)8-16(14)24-19/h1-6,8,13H,7,9-10H2/t13-/m0/s1. The van der Waals surface area contributed by atoms with Crippen molar-refractivity contribution >= 4 is 12.0 Å². The molecule has 0 bridgehead atoms. The van der Waals surface area contributed by atoms with Gasteiger partial charge >= 0.3 is 5.97 Å². The van der Waals surface area contributed by atoms with Crippen LogP contribution in [0.1, 0.15) is 23.5 Å². The minimum absolute atomic E-state index is 0.0795. The highest BCUT2D eigenvalue weighted by atomic mass is 16.7. The second kappa shape index (κ2) is 5.03. The molecule has 5 heteroatoms. The Morgan fingerprint density at radius 1 is 0.917 bits per heavy atom. The van der Waals surface area contributed by atoms with Gasteiger partial charge < -0.3 is 18.9 Å². The SMILES string of the molecule is O=C1C[C@@H](C2=Cc3ccccc3OC2)c2cc3c(cc2O1)OCO3. The Morgan fingerprint density at radius 2 is 1.75 bits per heavy atom. The van der Waals surface area contributed by atoms with Crippen molar-refractivity contribution in [2.24, 2.45) is 0 Å². The molecule has 3 heterocycles. The van der Waals surface area contributed by atoms with Crippen LogP contribution < -0.4 is 18.9 Å². The molecule has 120 valence electrons. The van der Waals surface area contributed by atoms with Crippen molar-refractivity contribution in [1.82, 2.24) is 0 Å². The summed E-state index contributed by atoms with van der Waals surface area (Å²) in [6.07, 6.45) is 2.40. The van der Waals surface area contributed by atoms with Crippen molar-refractivity contribution < 1.29 is 23.7 Å². The van der Waals surface area contributed by atoms with E-state index in [0.29, 0.717) is 30.3 Å². The monoisotopic (exact) mass is 322 g/mol. The number of carbonyl (C=O) groups is 1. The van der Waals surface area contributed by atoms with Crippen molar-refractivity contribution in [2.45, 2.75) is 12.3 Å². The van der Waals surface area contributed by atoms with Gasteiger partial charge in [0.05, 0.1) is 6.42 Å². The molecule has 24 heavy (non-hydrogen) atoms. The predicted molar refractivity (Wildman–Crippen MR) is 85.5 cm³/mol. The molecular formula is C19H14O5. The Kier molecular flexibility index (Phi) is 2.82. The van der Waals surface area contributed by atoms with Crippen LogP contribution in [0, 0.1) is 0 Å². The van der Waals surface area contributed by atoms with Gasteiger partial charge in [-0.15, -0.1) is 0 Å². The molecule has 0 aromatic heterocycles. The fourth-order valence-corrected chi connectivity index (χ4v) is 3.41. The van der Waals surface area contributed by atoms with E-state index in [1.807, 2.05) is 30.3 Å². The molecule has 2 aromatic rings. The number of benzene rings is 2. The molecule has 0 aliphatic carbocycles. The molecule has 1 atom stereocenters. The van der Waals surface area contributed by atoms with Crippen molar-refractivity contribution in [3.05, 3.63) is 53.1 Å². The number of hydrogen-bond acceptors (Lipinski definition) is 5. The van der Waals surface area contributed by atoms with Crippen LogP contribution in [0.4, 0.5) is 0 Å². The van der Waals surface area contributed by atoms with E-state index in [2.05, 4.69) is 6.08 Å². The average molecular weight is 322 g/mol. The van der Waals surface area contributed by atoms with E-state index in [1.54, 1.807) is 6.07 Å². The fourth-order valence-electron chi connectivity index (χ4n) is 3.41. The third-order valence-electron chi connectivity index (χ3n) is 4.58. The number of ether oxygens (including phenoxy) is 4. The van der Waals surface area contributed by atoms with E-state index in [1.165, 1.54) is 0 Å². The molecule has 0 radical (unpaired) electrons. The topological polar surface area (TPSA) is 54.0 Å². The predicted octanol–water partition coefficient (Wildman–Crippen LogP) is 3.28. The third kappa shape index (κ3) is 2.05. The smallest absolute Gasteiger partial charge is 0.312 e. The highest BCUT2D eigenvalue weighted by Gasteiger charge is 2.33. The lowest BCUT2D eigenvalue weighted by Crippen LogP contribution is -2.24. The lowest BCUT2D eigenvalue weighted by molar-refractivity contribution is -0.135. The van der Waals surface area contributed by atoms with Crippen LogP contribution in [-0.2, 0) is 4.79 Å². The first-order valence-corrected chi connectivity index (χ1v) is 7.84. The van der Waals surface area contributed by atoms with E-state index < -0.39 is 0 Å². The molecule has 0 fully saturated rings. The molecule has 5 nitrogen and oxygen atoms in total. The van der Waals surface area contributed by atoms with Crippen LogP contribution in [0.25, 0.3) is 6.08 Å². The minimum Gasteiger partial charge on any atom is -0.489 e. The van der Waals surface area contributed by atoms with Gasteiger partial charge in [-0.1, -0.05) is 18.2 Å². The number of esters is 1. The van der Waals surface area contributed by atoms with Gasteiger partial charge in [-0.3, -0.25) is 4.79 Å². The molecule has 0 amide bonds. The van der Waals surface area contributed by atoms with Crippen molar-refractivity contribution in [1.29, 1.82) is 0 Å². The van der Waals surface area contributed by atoms with Gasteiger partial charge in [-0.05, 0) is 23.8 Å². The Bertz CT molecular complexity index is 883. The molecule has 3 aliphatic heterocycles. The van der Waals surface area contributed by atoms with E-state index >= 15 is 0 Å². The normalized spacial score (nSPS) is 20.4. The van der Waals surface area contributed by atoms with Gasteiger partial charge in [0, 0.05) is 23.1 Å². The zero-order valence-electron chi connectivity index (χ0n) is 12.8. The van der Waals surface area contributed by atoms with Crippen LogP contribution in [0.3, 0.4) is 0 Å². The maximum Gasteiger partial charge on any atom is 0.312 e. The summed E-state index contributed by atoms with van der Waals surface area (Å²) in [5.74, 6) is 2.39. The zero-order chi connectivity index (χ0) is 16.1. The zero-order valence-corrected chi connectivity index (χ0v) is 12.8. The van der Waals surface area contributed by atoms with Crippen LogP contribution in [0.2, 0.25) is 0 Å². The molecular weight excluding hydrogens is 308 g/mol.